The zero-order valence-electron chi connectivity index (χ0n) is 7.85. The van der Waals surface area contributed by atoms with Gasteiger partial charge in [0.25, 0.3) is 0 Å². The first-order chi connectivity index (χ1) is 6.07. The number of aromatic nitrogens is 1. The SMILES string of the molecule is CC(C)(F)c1nc2c(o1)CNCC2. The van der Waals surface area contributed by atoms with Crippen LogP contribution in [-0.2, 0) is 18.6 Å². The summed E-state index contributed by atoms with van der Waals surface area (Å²) in [5.41, 5.74) is -0.573. The van der Waals surface area contributed by atoms with E-state index >= 15 is 0 Å². The fourth-order valence-electron chi connectivity index (χ4n) is 1.38. The number of alkyl halides is 1. The molecule has 0 atom stereocenters. The fraction of sp³-hybridized carbons (Fsp3) is 0.667. The highest BCUT2D eigenvalue weighted by molar-refractivity contribution is 5.15. The minimum Gasteiger partial charge on any atom is -0.441 e. The van der Waals surface area contributed by atoms with E-state index in [2.05, 4.69) is 10.3 Å². The number of oxazole rings is 1. The van der Waals surface area contributed by atoms with Crippen molar-refractivity contribution in [1.82, 2.24) is 10.3 Å². The monoisotopic (exact) mass is 184 g/mol. The van der Waals surface area contributed by atoms with Crippen LogP contribution < -0.4 is 5.32 Å². The van der Waals surface area contributed by atoms with Crippen LogP contribution in [-0.4, -0.2) is 11.5 Å². The molecule has 1 aliphatic rings. The van der Waals surface area contributed by atoms with Crippen molar-refractivity contribution in [2.75, 3.05) is 6.54 Å². The minimum atomic E-state index is -1.47. The molecule has 0 aromatic carbocycles. The summed E-state index contributed by atoms with van der Waals surface area (Å²) in [7, 11) is 0. The summed E-state index contributed by atoms with van der Waals surface area (Å²) in [5, 5.41) is 3.15. The Labute approximate surface area is 76.3 Å². The van der Waals surface area contributed by atoms with Crippen molar-refractivity contribution in [1.29, 1.82) is 0 Å². The van der Waals surface area contributed by atoms with E-state index in [-0.39, 0.29) is 5.89 Å². The molecule has 0 aliphatic carbocycles. The molecule has 0 bridgehead atoms. The summed E-state index contributed by atoms with van der Waals surface area (Å²) in [5.74, 6) is 0.980. The van der Waals surface area contributed by atoms with Crippen LogP contribution in [0.25, 0.3) is 0 Å². The van der Waals surface area contributed by atoms with Crippen molar-refractivity contribution in [3.05, 3.63) is 17.3 Å². The Hall–Kier alpha value is -0.900. The molecule has 1 aromatic rings. The molecule has 72 valence electrons. The van der Waals surface area contributed by atoms with Crippen LogP contribution in [0.3, 0.4) is 0 Å². The number of hydrogen-bond donors (Lipinski definition) is 1. The molecule has 1 N–H and O–H groups in total. The van der Waals surface area contributed by atoms with Crippen molar-refractivity contribution < 1.29 is 8.81 Å². The lowest BCUT2D eigenvalue weighted by Gasteiger charge is -2.08. The van der Waals surface area contributed by atoms with Gasteiger partial charge in [0, 0.05) is 13.0 Å². The van der Waals surface area contributed by atoms with Crippen LogP contribution >= 0.6 is 0 Å². The topological polar surface area (TPSA) is 38.1 Å². The summed E-state index contributed by atoms with van der Waals surface area (Å²) >= 11 is 0. The van der Waals surface area contributed by atoms with Gasteiger partial charge in [-0.05, 0) is 13.8 Å². The van der Waals surface area contributed by atoms with Gasteiger partial charge in [-0.2, -0.15) is 0 Å². The van der Waals surface area contributed by atoms with Crippen molar-refractivity contribution in [3.8, 4) is 0 Å². The quantitative estimate of drug-likeness (QED) is 0.719. The average molecular weight is 184 g/mol. The molecule has 0 fully saturated rings. The zero-order valence-corrected chi connectivity index (χ0v) is 7.85. The van der Waals surface area contributed by atoms with Crippen LogP contribution in [0.15, 0.2) is 4.42 Å². The molecule has 4 heteroatoms. The number of nitrogens with zero attached hydrogens (tertiary/aromatic N) is 1. The van der Waals surface area contributed by atoms with E-state index in [0.29, 0.717) is 6.54 Å². The van der Waals surface area contributed by atoms with E-state index in [1.807, 2.05) is 0 Å². The summed E-state index contributed by atoms with van der Waals surface area (Å²) in [4.78, 5) is 4.14. The fourth-order valence-corrected chi connectivity index (χ4v) is 1.38. The standard InChI is InChI=1S/C9H13FN2O/c1-9(2,10)8-12-6-3-4-11-5-7(6)13-8/h11H,3-5H2,1-2H3. The van der Waals surface area contributed by atoms with Crippen molar-refractivity contribution in [2.24, 2.45) is 0 Å². The van der Waals surface area contributed by atoms with Crippen molar-refractivity contribution >= 4 is 0 Å². The second-order valence-electron chi connectivity index (χ2n) is 3.79. The van der Waals surface area contributed by atoms with E-state index < -0.39 is 5.67 Å². The predicted octanol–water partition coefficient (Wildman–Crippen LogP) is 1.52. The zero-order chi connectivity index (χ0) is 9.47. The Bertz CT molecular complexity index is 290. The van der Waals surface area contributed by atoms with Gasteiger partial charge >= 0.3 is 0 Å². The third-order valence-corrected chi connectivity index (χ3v) is 2.11. The highest BCUT2D eigenvalue weighted by Gasteiger charge is 2.28. The summed E-state index contributed by atoms with van der Waals surface area (Å²) < 4.78 is 18.8. The van der Waals surface area contributed by atoms with Crippen LogP contribution in [0.5, 0.6) is 0 Å². The molecular formula is C9H13FN2O. The van der Waals surface area contributed by atoms with Gasteiger partial charge in [-0.1, -0.05) is 0 Å². The van der Waals surface area contributed by atoms with E-state index in [9.17, 15) is 4.39 Å². The Kier molecular flexibility index (Phi) is 1.87. The van der Waals surface area contributed by atoms with Gasteiger partial charge in [0.15, 0.2) is 5.67 Å². The maximum Gasteiger partial charge on any atom is 0.231 e. The first kappa shape index (κ1) is 8.69. The molecule has 0 unspecified atom stereocenters. The molecule has 2 heterocycles. The van der Waals surface area contributed by atoms with Crippen LogP contribution in [0.2, 0.25) is 0 Å². The van der Waals surface area contributed by atoms with E-state index in [4.69, 9.17) is 4.42 Å². The average Bonchev–Trinajstić information content (AvgIpc) is 2.45. The van der Waals surface area contributed by atoms with E-state index in [0.717, 1.165) is 24.4 Å². The predicted molar refractivity (Wildman–Crippen MR) is 46.0 cm³/mol. The molecule has 0 spiro atoms. The number of hydrogen-bond acceptors (Lipinski definition) is 3. The second kappa shape index (κ2) is 2.80. The molecule has 0 saturated heterocycles. The summed E-state index contributed by atoms with van der Waals surface area (Å²) in [6.07, 6.45) is 0.828. The maximum absolute atomic E-state index is 13.4. The van der Waals surface area contributed by atoms with Gasteiger partial charge in [0.2, 0.25) is 5.89 Å². The molecule has 0 saturated carbocycles. The molecule has 1 aliphatic heterocycles. The molecule has 1 aromatic heterocycles. The highest BCUT2D eigenvalue weighted by Crippen LogP contribution is 2.26. The third kappa shape index (κ3) is 1.58. The highest BCUT2D eigenvalue weighted by atomic mass is 19.1. The van der Waals surface area contributed by atoms with Gasteiger partial charge < -0.3 is 9.73 Å². The van der Waals surface area contributed by atoms with Crippen molar-refractivity contribution in [2.45, 2.75) is 32.5 Å². The molecular weight excluding hydrogens is 171 g/mol. The molecule has 0 amide bonds. The third-order valence-electron chi connectivity index (χ3n) is 2.11. The second-order valence-corrected chi connectivity index (χ2v) is 3.79. The van der Waals surface area contributed by atoms with Gasteiger partial charge in [0.1, 0.15) is 5.76 Å². The lowest BCUT2D eigenvalue weighted by atomic mass is 10.2. The number of rotatable bonds is 1. The van der Waals surface area contributed by atoms with Crippen molar-refractivity contribution in [3.63, 3.8) is 0 Å². The Balaban J connectivity index is 2.36. The Morgan fingerprint density at radius 1 is 1.54 bits per heavy atom. The molecule has 0 radical (unpaired) electrons. The van der Waals surface area contributed by atoms with Crippen LogP contribution in [0.4, 0.5) is 4.39 Å². The molecule has 3 nitrogen and oxygen atoms in total. The maximum atomic E-state index is 13.4. The molecule has 2 rings (SSSR count). The summed E-state index contributed by atoms with van der Waals surface area (Å²) in [6.45, 7) is 4.47. The van der Waals surface area contributed by atoms with Gasteiger partial charge in [-0.15, -0.1) is 0 Å². The van der Waals surface area contributed by atoms with Crippen LogP contribution in [0, 0.1) is 0 Å². The van der Waals surface area contributed by atoms with E-state index in [1.165, 1.54) is 13.8 Å². The Morgan fingerprint density at radius 3 is 2.92 bits per heavy atom. The molecule has 13 heavy (non-hydrogen) atoms. The van der Waals surface area contributed by atoms with Crippen LogP contribution in [0.1, 0.15) is 31.2 Å². The number of halogens is 1. The normalized spacial score (nSPS) is 17.2. The lowest BCUT2D eigenvalue weighted by molar-refractivity contribution is 0.166. The van der Waals surface area contributed by atoms with Gasteiger partial charge in [0.05, 0.1) is 12.2 Å². The smallest absolute Gasteiger partial charge is 0.231 e. The van der Waals surface area contributed by atoms with Gasteiger partial charge in [-0.3, -0.25) is 0 Å². The minimum absolute atomic E-state index is 0.196. The van der Waals surface area contributed by atoms with E-state index in [1.54, 1.807) is 0 Å². The number of nitrogens with one attached hydrogen (secondary N) is 1. The first-order valence-electron chi connectivity index (χ1n) is 4.46. The summed E-state index contributed by atoms with van der Waals surface area (Å²) in [6, 6.07) is 0. The largest absolute Gasteiger partial charge is 0.441 e. The lowest BCUT2D eigenvalue weighted by Crippen LogP contribution is -2.22. The Morgan fingerprint density at radius 2 is 2.31 bits per heavy atom. The first-order valence-corrected chi connectivity index (χ1v) is 4.46. The number of fused-ring (bicyclic) bond motifs is 1. The van der Waals surface area contributed by atoms with Gasteiger partial charge in [-0.25, -0.2) is 9.37 Å².